The van der Waals surface area contributed by atoms with E-state index in [0.717, 1.165) is 37.3 Å². The summed E-state index contributed by atoms with van der Waals surface area (Å²) >= 11 is 0. The Bertz CT molecular complexity index is 453. The molecular weight excluding hydrogens is 250 g/mol. The van der Waals surface area contributed by atoms with Gasteiger partial charge in [0.05, 0.1) is 6.54 Å². The summed E-state index contributed by atoms with van der Waals surface area (Å²) in [6.45, 7) is 7.68. The number of nitrogens with one attached hydrogen (secondary N) is 2. The molecule has 1 aromatic carbocycles. The number of aryl methyl sites for hydroxylation is 1. The van der Waals surface area contributed by atoms with Gasteiger partial charge in [0.25, 0.3) is 0 Å². The number of nitrogens with zero attached hydrogens (tertiary/aromatic N) is 1. The smallest absolute Gasteiger partial charge is 0.238 e. The van der Waals surface area contributed by atoms with E-state index in [4.69, 9.17) is 0 Å². The summed E-state index contributed by atoms with van der Waals surface area (Å²) in [6.07, 6.45) is 3.60. The highest BCUT2D eigenvalue weighted by Gasteiger charge is 2.13. The largest absolute Gasteiger partial charge is 0.372 e. The van der Waals surface area contributed by atoms with Crippen molar-refractivity contribution in [3.63, 3.8) is 0 Å². The van der Waals surface area contributed by atoms with Gasteiger partial charge in [0, 0.05) is 24.5 Å². The molecule has 1 fully saturated rings. The molecular formula is C16H25N3O. The number of anilines is 2. The van der Waals surface area contributed by atoms with Crippen LogP contribution in [0, 0.1) is 6.92 Å². The molecule has 4 nitrogen and oxygen atoms in total. The number of rotatable bonds is 6. The molecule has 0 unspecified atom stereocenters. The highest BCUT2D eigenvalue weighted by Crippen LogP contribution is 2.25. The zero-order valence-corrected chi connectivity index (χ0v) is 12.5. The monoisotopic (exact) mass is 275 g/mol. The third kappa shape index (κ3) is 3.97. The second-order valence-electron chi connectivity index (χ2n) is 5.42. The number of benzene rings is 1. The first-order valence-corrected chi connectivity index (χ1v) is 7.57. The first kappa shape index (κ1) is 14.9. The molecule has 0 spiro atoms. The number of hydrogen-bond acceptors (Lipinski definition) is 3. The maximum absolute atomic E-state index is 11.8. The Morgan fingerprint density at radius 3 is 2.70 bits per heavy atom. The zero-order chi connectivity index (χ0) is 14.4. The average molecular weight is 275 g/mol. The van der Waals surface area contributed by atoms with Crippen molar-refractivity contribution in [2.45, 2.75) is 33.1 Å². The molecule has 1 aliphatic heterocycles. The van der Waals surface area contributed by atoms with E-state index < -0.39 is 0 Å². The molecule has 0 atom stereocenters. The fraction of sp³-hybridized carbons (Fsp3) is 0.562. The average Bonchev–Trinajstić information content (AvgIpc) is 2.95. The van der Waals surface area contributed by atoms with Crippen molar-refractivity contribution in [1.29, 1.82) is 0 Å². The highest BCUT2D eigenvalue weighted by molar-refractivity contribution is 5.93. The SMILES string of the molecule is CCCNCC(=O)Nc1ccc(N2CCCC2)cc1C. The molecule has 1 aliphatic rings. The molecule has 0 radical (unpaired) electrons. The van der Waals surface area contributed by atoms with Gasteiger partial charge in [-0.2, -0.15) is 0 Å². The van der Waals surface area contributed by atoms with Gasteiger partial charge in [-0.25, -0.2) is 0 Å². The summed E-state index contributed by atoms with van der Waals surface area (Å²) in [4.78, 5) is 14.2. The molecule has 0 aliphatic carbocycles. The number of hydrogen-bond donors (Lipinski definition) is 2. The van der Waals surface area contributed by atoms with Crippen molar-refractivity contribution < 1.29 is 4.79 Å². The Morgan fingerprint density at radius 1 is 1.30 bits per heavy atom. The third-order valence-electron chi connectivity index (χ3n) is 3.67. The predicted molar refractivity (Wildman–Crippen MR) is 84.4 cm³/mol. The van der Waals surface area contributed by atoms with Crippen LogP contribution in [0.1, 0.15) is 31.7 Å². The minimum absolute atomic E-state index is 0.0236. The van der Waals surface area contributed by atoms with Crippen LogP contribution >= 0.6 is 0 Å². The van der Waals surface area contributed by atoms with E-state index in [1.165, 1.54) is 18.5 Å². The van der Waals surface area contributed by atoms with Gasteiger partial charge in [-0.05, 0) is 56.5 Å². The van der Waals surface area contributed by atoms with Gasteiger partial charge in [-0.15, -0.1) is 0 Å². The molecule has 110 valence electrons. The topological polar surface area (TPSA) is 44.4 Å². The van der Waals surface area contributed by atoms with Crippen molar-refractivity contribution in [1.82, 2.24) is 5.32 Å². The van der Waals surface area contributed by atoms with E-state index in [1.807, 2.05) is 6.07 Å². The predicted octanol–water partition coefficient (Wildman–Crippen LogP) is 2.53. The second kappa shape index (κ2) is 7.29. The van der Waals surface area contributed by atoms with Crippen LogP contribution in [0.2, 0.25) is 0 Å². The highest BCUT2D eigenvalue weighted by atomic mass is 16.1. The molecule has 2 rings (SSSR count). The van der Waals surface area contributed by atoms with Crippen LogP contribution in [-0.4, -0.2) is 32.1 Å². The fourth-order valence-corrected chi connectivity index (χ4v) is 2.53. The Kier molecular flexibility index (Phi) is 5.41. The van der Waals surface area contributed by atoms with Crippen LogP contribution in [0.4, 0.5) is 11.4 Å². The second-order valence-corrected chi connectivity index (χ2v) is 5.42. The first-order chi connectivity index (χ1) is 9.70. The zero-order valence-electron chi connectivity index (χ0n) is 12.5. The van der Waals surface area contributed by atoms with E-state index >= 15 is 0 Å². The molecule has 0 saturated carbocycles. The molecule has 0 aromatic heterocycles. The molecule has 1 saturated heterocycles. The van der Waals surface area contributed by atoms with Crippen molar-refractivity contribution in [2.24, 2.45) is 0 Å². The van der Waals surface area contributed by atoms with E-state index in [-0.39, 0.29) is 5.91 Å². The van der Waals surface area contributed by atoms with Crippen molar-refractivity contribution in [3.05, 3.63) is 23.8 Å². The van der Waals surface area contributed by atoms with Crippen molar-refractivity contribution in [3.8, 4) is 0 Å². The lowest BCUT2D eigenvalue weighted by Gasteiger charge is -2.19. The van der Waals surface area contributed by atoms with Gasteiger partial charge in [0.1, 0.15) is 0 Å². The van der Waals surface area contributed by atoms with E-state index in [1.54, 1.807) is 0 Å². The molecule has 20 heavy (non-hydrogen) atoms. The summed E-state index contributed by atoms with van der Waals surface area (Å²) in [5.41, 5.74) is 3.30. The molecule has 2 N–H and O–H groups in total. The lowest BCUT2D eigenvalue weighted by molar-refractivity contribution is -0.115. The van der Waals surface area contributed by atoms with Gasteiger partial charge >= 0.3 is 0 Å². The third-order valence-corrected chi connectivity index (χ3v) is 3.67. The molecule has 1 amide bonds. The molecule has 0 bridgehead atoms. The Balaban J connectivity index is 1.93. The molecule has 1 heterocycles. The first-order valence-electron chi connectivity index (χ1n) is 7.57. The minimum Gasteiger partial charge on any atom is -0.372 e. The van der Waals surface area contributed by atoms with Crippen LogP contribution in [0.25, 0.3) is 0 Å². The van der Waals surface area contributed by atoms with Crippen LogP contribution in [0.5, 0.6) is 0 Å². The fourth-order valence-electron chi connectivity index (χ4n) is 2.53. The van der Waals surface area contributed by atoms with Crippen molar-refractivity contribution >= 4 is 17.3 Å². The van der Waals surface area contributed by atoms with Gasteiger partial charge in [0.2, 0.25) is 5.91 Å². The van der Waals surface area contributed by atoms with E-state index in [9.17, 15) is 4.79 Å². The lowest BCUT2D eigenvalue weighted by atomic mass is 10.1. The quantitative estimate of drug-likeness (QED) is 0.784. The van der Waals surface area contributed by atoms with Gasteiger partial charge in [-0.1, -0.05) is 6.92 Å². The summed E-state index contributed by atoms with van der Waals surface area (Å²) < 4.78 is 0. The van der Waals surface area contributed by atoms with Gasteiger partial charge in [0.15, 0.2) is 0 Å². The summed E-state index contributed by atoms with van der Waals surface area (Å²) in [7, 11) is 0. The Hall–Kier alpha value is -1.55. The van der Waals surface area contributed by atoms with Crippen LogP contribution in [0.15, 0.2) is 18.2 Å². The summed E-state index contributed by atoms with van der Waals surface area (Å²) in [5.74, 6) is 0.0236. The Morgan fingerprint density at radius 2 is 2.05 bits per heavy atom. The van der Waals surface area contributed by atoms with Crippen LogP contribution < -0.4 is 15.5 Å². The lowest BCUT2D eigenvalue weighted by Crippen LogP contribution is -2.28. The maximum atomic E-state index is 11.8. The summed E-state index contributed by atoms with van der Waals surface area (Å²) in [5, 5.41) is 6.08. The standard InChI is InChI=1S/C16H25N3O/c1-3-8-17-12-16(20)18-15-7-6-14(11-13(15)2)19-9-4-5-10-19/h6-7,11,17H,3-5,8-10,12H2,1-2H3,(H,18,20). The number of amides is 1. The van der Waals surface area contributed by atoms with Crippen molar-refractivity contribution in [2.75, 3.05) is 36.4 Å². The molecule has 4 heteroatoms. The summed E-state index contributed by atoms with van der Waals surface area (Å²) in [6, 6.07) is 6.29. The normalized spacial score (nSPS) is 14.6. The van der Waals surface area contributed by atoms with E-state index in [0.29, 0.717) is 6.54 Å². The van der Waals surface area contributed by atoms with Gasteiger partial charge < -0.3 is 15.5 Å². The number of carbonyl (C=O) groups excluding carboxylic acids is 1. The number of carbonyl (C=O) groups is 1. The Labute approximate surface area is 121 Å². The van der Waals surface area contributed by atoms with Crippen LogP contribution in [0.3, 0.4) is 0 Å². The van der Waals surface area contributed by atoms with E-state index in [2.05, 4.69) is 41.5 Å². The maximum Gasteiger partial charge on any atom is 0.238 e. The van der Waals surface area contributed by atoms with Crippen LogP contribution in [-0.2, 0) is 4.79 Å². The molecule has 1 aromatic rings. The van der Waals surface area contributed by atoms with Gasteiger partial charge in [-0.3, -0.25) is 4.79 Å². The minimum atomic E-state index is 0.0236.